The lowest BCUT2D eigenvalue weighted by atomic mass is 10.3. The maximum absolute atomic E-state index is 12.1. The fourth-order valence-electron chi connectivity index (χ4n) is 2.10. The zero-order valence-corrected chi connectivity index (χ0v) is 13.1. The van der Waals surface area contributed by atoms with Crippen molar-refractivity contribution in [2.75, 3.05) is 33.2 Å². The van der Waals surface area contributed by atoms with E-state index < -0.39 is 6.36 Å². The van der Waals surface area contributed by atoms with Gasteiger partial charge in [0.1, 0.15) is 5.75 Å². The highest BCUT2D eigenvalue weighted by atomic mass is 19.4. The van der Waals surface area contributed by atoms with E-state index in [1.165, 1.54) is 12.1 Å². The molecule has 10 heteroatoms. The summed E-state index contributed by atoms with van der Waals surface area (Å²) in [6.45, 7) is 3.22. The van der Waals surface area contributed by atoms with E-state index in [4.69, 9.17) is 11.5 Å². The molecule has 0 saturated carbocycles. The Morgan fingerprint density at radius 1 is 1.08 bits per heavy atom. The van der Waals surface area contributed by atoms with E-state index in [1.54, 1.807) is 0 Å². The van der Waals surface area contributed by atoms with Crippen molar-refractivity contribution in [3.05, 3.63) is 24.3 Å². The van der Waals surface area contributed by atoms with Gasteiger partial charge < -0.3 is 26.0 Å². The highest BCUT2D eigenvalue weighted by Crippen LogP contribution is 2.24. The molecule has 1 aromatic carbocycles. The van der Waals surface area contributed by atoms with Gasteiger partial charge in [0.15, 0.2) is 5.96 Å². The lowest BCUT2D eigenvalue weighted by Crippen LogP contribution is -2.50. The fourth-order valence-corrected chi connectivity index (χ4v) is 2.10. The molecule has 4 N–H and O–H groups in total. The van der Waals surface area contributed by atoms with Gasteiger partial charge in [-0.1, -0.05) is 0 Å². The van der Waals surface area contributed by atoms with Crippen LogP contribution in [-0.4, -0.2) is 61.3 Å². The standard InChI is InChI=1S/C14H19F3N6O/c1-22-6-8-23(9-7-22)13(19)21-12(18)20-10-2-4-11(5-3-10)24-14(15,16)17/h2-5H,6-9H2,1H3,(H4,18,19,20,21). The van der Waals surface area contributed by atoms with Crippen LogP contribution in [0.25, 0.3) is 0 Å². The summed E-state index contributed by atoms with van der Waals surface area (Å²) >= 11 is 0. The van der Waals surface area contributed by atoms with Gasteiger partial charge in [0.25, 0.3) is 0 Å². The van der Waals surface area contributed by atoms with Gasteiger partial charge >= 0.3 is 6.36 Å². The summed E-state index contributed by atoms with van der Waals surface area (Å²) in [6, 6.07) is 4.98. The molecule has 0 aromatic heterocycles. The second kappa shape index (κ2) is 7.39. The number of alkyl halides is 3. The van der Waals surface area contributed by atoms with Crippen LogP contribution in [0.15, 0.2) is 34.3 Å². The van der Waals surface area contributed by atoms with Crippen molar-refractivity contribution in [1.29, 1.82) is 0 Å². The molecule has 0 spiro atoms. The molecule has 132 valence electrons. The summed E-state index contributed by atoms with van der Waals surface area (Å²) < 4.78 is 40.0. The second-order valence-electron chi connectivity index (χ2n) is 5.27. The van der Waals surface area contributed by atoms with Gasteiger partial charge in [-0.15, -0.1) is 13.2 Å². The molecule has 1 aromatic rings. The Kier molecular flexibility index (Phi) is 5.50. The largest absolute Gasteiger partial charge is 0.573 e. The molecule has 1 saturated heterocycles. The first-order valence-corrected chi connectivity index (χ1v) is 7.20. The van der Waals surface area contributed by atoms with Crippen molar-refractivity contribution in [1.82, 2.24) is 9.80 Å². The lowest BCUT2D eigenvalue weighted by molar-refractivity contribution is -0.274. The van der Waals surface area contributed by atoms with Crippen LogP contribution in [0.5, 0.6) is 5.75 Å². The molecule has 7 nitrogen and oxygen atoms in total. The number of ether oxygens (including phenoxy) is 1. The molecule has 0 amide bonds. The van der Waals surface area contributed by atoms with Crippen LogP contribution in [0.2, 0.25) is 0 Å². The van der Waals surface area contributed by atoms with Crippen LogP contribution < -0.4 is 16.2 Å². The number of hydrogen-bond acceptors (Lipinski definition) is 3. The zero-order chi connectivity index (χ0) is 17.7. The molecule has 1 fully saturated rings. The average molecular weight is 344 g/mol. The minimum atomic E-state index is -4.73. The van der Waals surface area contributed by atoms with Crippen LogP contribution >= 0.6 is 0 Å². The Morgan fingerprint density at radius 2 is 1.67 bits per heavy atom. The molecule has 1 aliphatic rings. The van der Waals surface area contributed by atoms with Crippen molar-refractivity contribution in [3.63, 3.8) is 0 Å². The van der Waals surface area contributed by atoms with Crippen LogP contribution in [0.4, 0.5) is 18.9 Å². The number of piperazine rings is 1. The van der Waals surface area contributed by atoms with Gasteiger partial charge in [0, 0.05) is 26.2 Å². The predicted octanol–water partition coefficient (Wildman–Crippen LogP) is 1.09. The Morgan fingerprint density at radius 3 is 2.21 bits per heavy atom. The maximum Gasteiger partial charge on any atom is 0.573 e. The zero-order valence-electron chi connectivity index (χ0n) is 13.1. The van der Waals surface area contributed by atoms with E-state index in [0.717, 1.165) is 38.3 Å². The molecule has 0 aliphatic carbocycles. The van der Waals surface area contributed by atoms with Gasteiger partial charge in [-0.3, -0.25) is 0 Å². The number of hydrogen-bond donors (Lipinski definition) is 2. The van der Waals surface area contributed by atoms with Crippen LogP contribution in [0.3, 0.4) is 0 Å². The van der Waals surface area contributed by atoms with Gasteiger partial charge in [-0.2, -0.15) is 4.99 Å². The summed E-state index contributed by atoms with van der Waals surface area (Å²) in [4.78, 5) is 12.1. The Bertz CT molecular complexity index is 606. The number of guanidine groups is 2. The molecule has 1 heterocycles. The third kappa shape index (κ3) is 5.61. The topological polar surface area (TPSA) is 92.5 Å². The van der Waals surface area contributed by atoms with Crippen molar-refractivity contribution < 1.29 is 17.9 Å². The van der Waals surface area contributed by atoms with Crippen molar-refractivity contribution in [3.8, 4) is 5.75 Å². The van der Waals surface area contributed by atoms with E-state index in [-0.39, 0.29) is 17.7 Å². The minimum Gasteiger partial charge on any atom is -0.406 e. The van der Waals surface area contributed by atoms with E-state index in [9.17, 15) is 13.2 Å². The van der Waals surface area contributed by atoms with E-state index in [0.29, 0.717) is 5.69 Å². The smallest absolute Gasteiger partial charge is 0.406 e. The highest BCUT2D eigenvalue weighted by Gasteiger charge is 2.30. The molecule has 1 aliphatic heterocycles. The highest BCUT2D eigenvalue weighted by molar-refractivity contribution is 5.94. The van der Waals surface area contributed by atoms with E-state index >= 15 is 0 Å². The number of rotatable bonds is 2. The summed E-state index contributed by atoms with van der Waals surface area (Å²) in [5.41, 5.74) is 12.0. The summed E-state index contributed by atoms with van der Waals surface area (Å²) in [6.07, 6.45) is -4.73. The van der Waals surface area contributed by atoms with E-state index in [2.05, 4.69) is 19.6 Å². The number of aliphatic imine (C=N–C) groups is 2. The molecular formula is C14H19F3N6O. The third-order valence-electron chi connectivity index (χ3n) is 3.37. The quantitative estimate of drug-likeness (QED) is 0.619. The normalized spacial score (nSPS) is 17.9. The second-order valence-corrected chi connectivity index (χ2v) is 5.27. The Hall–Kier alpha value is -2.49. The minimum absolute atomic E-state index is 0.0732. The van der Waals surface area contributed by atoms with Gasteiger partial charge in [-0.25, -0.2) is 4.99 Å². The molecule has 0 unspecified atom stereocenters. The number of likely N-dealkylation sites (N-methyl/N-ethyl adjacent to an activating group) is 1. The Balaban J connectivity index is 2.00. The van der Waals surface area contributed by atoms with Crippen molar-refractivity contribution >= 4 is 17.6 Å². The van der Waals surface area contributed by atoms with Crippen LogP contribution in [-0.2, 0) is 0 Å². The summed E-state index contributed by atoms with van der Waals surface area (Å²) in [5, 5.41) is 0. The molecule has 0 radical (unpaired) electrons. The molecule has 2 rings (SSSR count). The number of halogens is 3. The monoisotopic (exact) mass is 344 g/mol. The SMILES string of the molecule is CN1CCN(C(N)=NC(N)=Nc2ccc(OC(F)(F)F)cc2)CC1. The molecule has 0 bridgehead atoms. The van der Waals surface area contributed by atoms with Gasteiger partial charge in [0.05, 0.1) is 5.69 Å². The van der Waals surface area contributed by atoms with Crippen LogP contribution in [0.1, 0.15) is 0 Å². The summed E-state index contributed by atoms with van der Waals surface area (Å²) in [7, 11) is 2.02. The third-order valence-corrected chi connectivity index (χ3v) is 3.37. The fraction of sp³-hybridized carbons (Fsp3) is 0.429. The lowest BCUT2D eigenvalue weighted by Gasteiger charge is -2.32. The number of benzene rings is 1. The van der Waals surface area contributed by atoms with Crippen LogP contribution in [0, 0.1) is 0 Å². The average Bonchev–Trinajstić information content (AvgIpc) is 2.48. The number of nitrogens with zero attached hydrogens (tertiary/aromatic N) is 4. The van der Waals surface area contributed by atoms with Crippen molar-refractivity contribution in [2.24, 2.45) is 21.5 Å². The van der Waals surface area contributed by atoms with Gasteiger partial charge in [-0.05, 0) is 31.3 Å². The predicted molar refractivity (Wildman–Crippen MR) is 85.1 cm³/mol. The van der Waals surface area contributed by atoms with Gasteiger partial charge in [0.2, 0.25) is 5.96 Å². The van der Waals surface area contributed by atoms with Crippen molar-refractivity contribution in [2.45, 2.75) is 6.36 Å². The first kappa shape index (κ1) is 17.9. The molecular weight excluding hydrogens is 325 g/mol. The summed E-state index contributed by atoms with van der Waals surface area (Å²) in [5.74, 6) is -0.141. The maximum atomic E-state index is 12.1. The van der Waals surface area contributed by atoms with E-state index in [1.807, 2.05) is 11.9 Å². The number of nitrogens with two attached hydrogens (primary N) is 2. The first-order chi connectivity index (χ1) is 11.2. The first-order valence-electron chi connectivity index (χ1n) is 7.20. The Labute approximate surface area is 137 Å². The molecule has 0 atom stereocenters. The molecule has 24 heavy (non-hydrogen) atoms.